The van der Waals surface area contributed by atoms with Gasteiger partial charge in [0.05, 0.1) is 0 Å². The highest BCUT2D eigenvalue weighted by atomic mass is 16.6. The molecule has 1 N–H and O–H groups in total. The molecule has 0 bridgehead atoms. The van der Waals surface area contributed by atoms with E-state index in [1.165, 1.54) is 5.56 Å². The molecule has 0 spiro atoms. The third-order valence-corrected chi connectivity index (χ3v) is 2.46. The summed E-state index contributed by atoms with van der Waals surface area (Å²) in [4.78, 5) is 0. The molecule has 0 radical (unpaired) electrons. The van der Waals surface area contributed by atoms with Gasteiger partial charge in [-0.1, -0.05) is 24.3 Å². The zero-order valence-electron chi connectivity index (χ0n) is 5.90. The molecule has 2 nitrogen and oxygen atoms in total. The van der Waals surface area contributed by atoms with Crippen LogP contribution in [0.1, 0.15) is 23.3 Å². The molecular weight excluding hydrogens is 140 g/mol. The van der Waals surface area contributed by atoms with E-state index >= 15 is 0 Å². The number of hydrogen-bond acceptors (Lipinski definition) is 2. The summed E-state index contributed by atoms with van der Waals surface area (Å²) in [6.07, 6.45) is -0.121. The molecule has 1 fully saturated rings. The minimum atomic E-state index is -0.379. The highest BCUT2D eigenvalue weighted by Crippen LogP contribution is 2.54. The Balaban J connectivity index is 2.22. The molecule has 56 valence electrons. The standard InChI is InChI=1S/C9H8O2/c10-7-5-3-1-2-4-6(5)8-9(7)11-8/h1-4,7-10H/t7-,8-,9+/m1/s1. The van der Waals surface area contributed by atoms with E-state index in [1.807, 2.05) is 24.3 Å². The molecule has 1 saturated heterocycles. The van der Waals surface area contributed by atoms with E-state index in [0.29, 0.717) is 0 Å². The number of benzene rings is 1. The molecule has 2 heteroatoms. The van der Waals surface area contributed by atoms with Crippen LogP contribution in [-0.4, -0.2) is 11.2 Å². The van der Waals surface area contributed by atoms with E-state index in [-0.39, 0.29) is 18.3 Å². The largest absolute Gasteiger partial charge is 0.386 e. The maximum Gasteiger partial charge on any atom is 0.119 e. The van der Waals surface area contributed by atoms with Gasteiger partial charge in [-0.05, 0) is 11.1 Å². The average Bonchev–Trinajstić information content (AvgIpc) is 2.78. The molecule has 1 aromatic rings. The monoisotopic (exact) mass is 148 g/mol. The lowest BCUT2D eigenvalue weighted by Gasteiger charge is -2.05. The maximum absolute atomic E-state index is 9.57. The molecule has 1 heterocycles. The Kier molecular flexibility index (Phi) is 0.864. The molecule has 3 rings (SSSR count). The Bertz CT molecular complexity index is 293. The van der Waals surface area contributed by atoms with Crippen LogP contribution in [0.25, 0.3) is 0 Å². The van der Waals surface area contributed by atoms with E-state index in [1.54, 1.807) is 0 Å². The lowest BCUT2D eigenvalue weighted by atomic mass is 10.1. The number of aliphatic hydroxyl groups is 1. The zero-order chi connectivity index (χ0) is 7.42. The topological polar surface area (TPSA) is 32.8 Å². The van der Waals surface area contributed by atoms with Crippen LogP contribution >= 0.6 is 0 Å². The van der Waals surface area contributed by atoms with Crippen molar-refractivity contribution in [2.24, 2.45) is 0 Å². The van der Waals surface area contributed by atoms with Gasteiger partial charge in [0, 0.05) is 0 Å². The first kappa shape index (κ1) is 5.75. The van der Waals surface area contributed by atoms with Crippen molar-refractivity contribution >= 4 is 0 Å². The average molecular weight is 148 g/mol. The summed E-state index contributed by atoms with van der Waals surface area (Å²) >= 11 is 0. The van der Waals surface area contributed by atoms with Gasteiger partial charge in [-0.15, -0.1) is 0 Å². The molecule has 0 aromatic heterocycles. The van der Waals surface area contributed by atoms with Crippen molar-refractivity contribution in [3.05, 3.63) is 35.4 Å². The van der Waals surface area contributed by atoms with Crippen molar-refractivity contribution in [2.45, 2.75) is 18.3 Å². The maximum atomic E-state index is 9.57. The predicted molar refractivity (Wildman–Crippen MR) is 39.0 cm³/mol. The van der Waals surface area contributed by atoms with Gasteiger partial charge in [0.2, 0.25) is 0 Å². The molecule has 0 amide bonds. The molecular formula is C9H8O2. The van der Waals surface area contributed by atoms with Crippen LogP contribution in [0.2, 0.25) is 0 Å². The summed E-state index contributed by atoms with van der Waals surface area (Å²) in [5.41, 5.74) is 2.22. The Morgan fingerprint density at radius 1 is 1.18 bits per heavy atom. The highest BCUT2D eigenvalue weighted by Gasteiger charge is 2.53. The van der Waals surface area contributed by atoms with Crippen molar-refractivity contribution < 1.29 is 9.84 Å². The van der Waals surface area contributed by atoms with Gasteiger partial charge in [-0.2, -0.15) is 0 Å². The van der Waals surface area contributed by atoms with E-state index in [0.717, 1.165) is 5.56 Å². The van der Waals surface area contributed by atoms with Crippen molar-refractivity contribution in [3.63, 3.8) is 0 Å². The van der Waals surface area contributed by atoms with Crippen LogP contribution < -0.4 is 0 Å². The van der Waals surface area contributed by atoms with Crippen LogP contribution in [0.4, 0.5) is 0 Å². The Labute approximate surface area is 64.4 Å². The van der Waals surface area contributed by atoms with Crippen molar-refractivity contribution in [1.29, 1.82) is 0 Å². The lowest BCUT2D eigenvalue weighted by molar-refractivity contribution is 0.134. The summed E-state index contributed by atoms with van der Waals surface area (Å²) in [5, 5.41) is 9.57. The summed E-state index contributed by atoms with van der Waals surface area (Å²) < 4.78 is 5.24. The number of hydrogen-bond donors (Lipinski definition) is 1. The number of aliphatic hydroxyl groups excluding tert-OH is 1. The summed E-state index contributed by atoms with van der Waals surface area (Å²) in [6, 6.07) is 7.92. The molecule has 1 aliphatic carbocycles. The quantitative estimate of drug-likeness (QED) is 0.560. The van der Waals surface area contributed by atoms with Crippen LogP contribution in [0.3, 0.4) is 0 Å². The molecule has 0 saturated carbocycles. The van der Waals surface area contributed by atoms with Gasteiger partial charge in [-0.25, -0.2) is 0 Å². The third kappa shape index (κ3) is 0.588. The molecule has 2 aliphatic rings. The second-order valence-electron chi connectivity index (χ2n) is 3.10. The summed E-state index contributed by atoms with van der Waals surface area (Å²) in [7, 11) is 0. The fourth-order valence-corrected chi connectivity index (χ4v) is 1.83. The van der Waals surface area contributed by atoms with E-state index in [9.17, 15) is 5.11 Å². The van der Waals surface area contributed by atoms with Crippen molar-refractivity contribution in [1.82, 2.24) is 0 Å². The van der Waals surface area contributed by atoms with Gasteiger partial charge in [0.15, 0.2) is 0 Å². The van der Waals surface area contributed by atoms with Crippen LogP contribution in [0, 0.1) is 0 Å². The second-order valence-corrected chi connectivity index (χ2v) is 3.10. The first-order valence-corrected chi connectivity index (χ1v) is 3.80. The minimum absolute atomic E-state index is 0.0624. The van der Waals surface area contributed by atoms with Gasteiger partial charge < -0.3 is 9.84 Å². The fraction of sp³-hybridized carbons (Fsp3) is 0.333. The van der Waals surface area contributed by atoms with E-state index in [4.69, 9.17) is 4.74 Å². The van der Waals surface area contributed by atoms with Gasteiger partial charge >= 0.3 is 0 Å². The normalized spacial score (nSPS) is 38.1. The summed E-state index contributed by atoms with van der Waals surface area (Å²) in [6.45, 7) is 0. The minimum Gasteiger partial charge on any atom is -0.386 e. The second kappa shape index (κ2) is 1.65. The SMILES string of the molecule is O[C@@H]1c2ccccc2[C@H]2O[C@@H]12. The van der Waals surface area contributed by atoms with Gasteiger partial charge in [0.1, 0.15) is 18.3 Å². The number of ether oxygens (including phenoxy) is 1. The third-order valence-electron chi connectivity index (χ3n) is 2.46. The number of rotatable bonds is 0. The fourth-order valence-electron chi connectivity index (χ4n) is 1.83. The smallest absolute Gasteiger partial charge is 0.119 e. The molecule has 11 heavy (non-hydrogen) atoms. The zero-order valence-corrected chi connectivity index (χ0v) is 5.90. The molecule has 3 atom stereocenters. The van der Waals surface area contributed by atoms with Gasteiger partial charge in [-0.3, -0.25) is 0 Å². The lowest BCUT2D eigenvalue weighted by Crippen LogP contribution is -1.99. The van der Waals surface area contributed by atoms with Crippen molar-refractivity contribution in [3.8, 4) is 0 Å². The first-order valence-electron chi connectivity index (χ1n) is 3.80. The van der Waals surface area contributed by atoms with Gasteiger partial charge in [0.25, 0.3) is 0 Å². The Hall–Kier alpha value is -0.860. The Morgan fingerprint density at radius 3 is 2.64 bits per heavy atom. The first-order chi connectivity index (χ1) is 5.38. The van der Waals surface area contributed by atoms with Crippen molar-refractivity contribution in [2.75, 3.05) is 0 Å². The highest BCUT2D eigenvalue weighted by molar-refractivity contribution is 5.41. The number of epoxide rings is 1. The molecule has 0 unspecified atom stereocenters. The van der Waals surface area contributed by atoms with E-state index < -0.39 is 0 Å². The number of fused-ring (bicyclic) bond motifs is 3. The predicted octanol–water partition coefficient (Wildman–Crippen LogP) is 1.17. The molecule has 1 aromatic carbocycles. The van der Waals surface area contributed by atoms with E-state index in [2.05, 4.69) is 0 Å². The molecule has 1 aliphatic heterocycles. The summed E-state index contributed by atoms with van der Waals surface area (Å²) in [5.74, 6) is 0. The van der Waals surface area contributed by atoms with Crippen LogP contribution in [0.5, 0.6) is 0 Å². The van der Waals surface area contributed by atoms with Crippen LogP contribution in [-0.2, 0) is 4.74 Å². The van der Waals surface area contributed by atoms with Crippen LogP contribution in [0.15, 0.2) is 24.3 Å². The Morgan fingerprint density at radius 2 is 1.91 bits per heavy atom.